The van der Waals surface area contributed by atoms with Gasteiger partial charge in [0.05, 0.1) is 12.5 Å². The first kappa shape index (κ1) is 10.1. The van der Waals surface area contributed by atoms with Gasteiger partial charge in [0.1, 0.15) is 0 Å². The Morgan fingerprint density at radius 1 is 1.60 bits per heavy atom. The van der Waals surface area contributed by atoms with Crippen LogP contribution < -0.4 is 5.32 Å². The number of halogens is 1. The normalized spacial score (nSPS) is 23.1. The van der Waals surface area contributed by atoms with Crippen LogP contribution in [-0.2, 0) is 10.4 Å². The number of amides is 1. The maximum Gasteiger partial charge on any atom is 0.262 e. The molecule has 1 heterocycles. The van der Waals surface area contributed by atoms with Crippen LogP contribution >= 0.6 is 15.9 Å². The van der Waals surface area contributed by atoms with Gasteiger partial charge in [0, 0.05) is 15.7 Å². The Labute approximate surface area is 94.7 Å². The van der Waals surface area contributed by atoms with E-state index in [-0.39, 0.29) is 6.42 Å². The van der Waals surface area contributed by atoms with Gasteiger partial charge >= 0.3 is 0 Å². The van der Waals surface area contributed by atoms with Crippen molar-refractivity contribution >= 4 is 27.5 Å². The third-order valence-corrected chi connectivity index (χ3v) is 3.05. The van der Waals surface area contributed by atoms with E-state index in [4.69, 9.17) is 5.26 Å². The lowest BCUT2D eigenvalue weighted by Gasteiger charge is -2.17. The number of hydrogen-bond acceptors (Lipinski definition) is 3. The van der Waals surface area contributed by atoms with Crippen LogP contribution in [0.4, 0.5) is 5.69 Å². The summed E-state index contributed by atoms with van der Waals surface area (Å²) in [6.07, 6.45) is -0.256. The molecule has 2 rings (SSSR count). The van der Waals surface area contributed by atoms with Crippen LogP contribution in [0.3, 0.4) is 0 Å². The van der Waals surface area contributed by atoms with Crippen molar-refractivity contribution in [1.29, 1.82) is 5.26 Å². The van der Waals surface area contributed by atoms with Crippen molar-refractivity contribution in [2.75, 3.05) is 5.32 Å². The Kier molecular flexibility index (Phi) is 2.25. The fourth-order valence-corrected chi connectivity index (χ4v) is 2.37. The summed E-state index contributed by atoms with van der Waals surface area (Å²) in [6, 6.07) is 6.98. The number of nitrogens with zero attached hydrogens (tertiary/aromatic N) is 1. The Bertz CT molecular complexity index is 481. The van der Waals surface area contributed by atoms with Gasteiger partial charge in [0.2, 0.25) is 0 Å². The number of nitriles is 1. The molecular formula is C10H7BrN2O2. The van der Waals surface area contributed by atoms with E-state index in [1.165, 1.54) is 0 Å². The first-order valence-corrected chi connectivity index (χ1v) is 5.08. The van der Waals surface area contributed by atoms with Crippen LogP contribution in [0.5, 0.6) is 0 Å². The molecular weight excluding hydrogens is 260 g/mol. The van der Waals surface area contributed by atoms with Crippen molar-refractivity contribution in [2.24, 2.45) is 0 Å². The molecule has 1 aromatic carbocycles. The highest BCUT2D eigenvalue weighted by atomic mass is 79.9. The van der Waals surface area contributed by atoms with E-state index in [2.05, 4.69) is 21.2 Å². The Morgan fingerprint density at radius 3 is 3.00 bits per heavy atom. The Hall–Kier alpha value is -1.38. The van der Waals surface area contributed by atoms with Gasteiger partial charge < -0.3 is 10.4 Å². The van der Waals surface area contributed by atoms with Crippen molar-refractivity contribution in [3.05, 3.63) is 28.2 Å². The molecule has 0 aromatic heterocycles. The number of benzene rings is 1. The number of rotatable bonds is 1. The molecule has 0 fully saturated rings. The van der Waals surface area contributed by atoms with E-state index in [1.807, 2.05) is 6.07 Å². The van der Waals surface area contributed by atoms with E-state index >= 15 is 0 Å². The molecule has 1 atom stereocenters. The summed E-state index contributed by atoms with van der Waals surface area (Å²) in [5.74, 6) is -0.550. The quantitative estimate of drug-likeness (QED) is 0.809. The number of nitrogens with one attached hydrogen (secondary N) is 1. The zero-order chi connectivity index (χ0) is 11.1. The number of hydrogen-bond donors (Lipinski definition) is 2. The van der Waals surface area contributed by atoms with Gasteiger partial charge in [-0.1, -0.05) is 22.0 Å². The molecule has 76 valence electrons. The summed E-state index contributed by atoms with van der Waals surface area (Å²) in [4.78, 5) is 11.6. The third kappa shape index (κ3) is 1.34. The molecule has 0 saturated carbocycles. The lowest BCUT2D eigenvalue weighted by atomic mass is 9.92. The first-order valence-electron chi connectivity index (χ1n) is 4.29. The second-order valence-corrected chi connectivity index (χ2v) is 4.17. The zero-order valence-corrected chi connectivity index (χ0v) is 9.21. The minimum absolute atomic E-state index is 0.256. The molecule has 5 heteroatoms. The number of aliphatic hydroxyl groups is 1. The van der Waals surface area contributed by atoms with E-state index < -0.39 is 11.5 Å². The highest BCUT2D eigenvalue weighted by Gasteiger charge is 2.46. The van der Waals surface area contributed by atoms with Crippen LogP contribution in [0.1, 0.15) is 12.0 Å². The fourth-order valence-electron chi connectivity index (χ4n) is 1.67. The highest BCUT2D eigenvalue weighted by Crippen LogP contribution is 2.42. The molecule has 1 unspecified atom stereocenters. The summed E-state index contributed by atoms with van der Waals surface area (Å²) in [5, 5.41) is 21.3. The van der Waals surface area contributed by atoms with Crippen molar-refractivity contribution in [1.82, 2.24) is 0 Å². The summed E-state index contributed by atoms with van der Waals surface area (Å²) < 4.78 is 0.621. The number of fused-ring (bicyclic) bond motifs is 1. The molecule has 0 aliphatic carbocycles. The van der Waals surface area contributed by atoms with Crippen LogP contribution in [-0.4, -0.2) is 11.0 Å². The van der Waals surface area contributed by atoms with Gasteiger partial charge in [0.25, 0.3) is 5.91 Å². The standard InChI is InChI=1S/C10H7BrN2O2/c11-6-2-1-3-7-8(6)10(15,4-5-12)9(14)13-7/h1-3,15H,4H2,(H,13,14). The molecule has 0 spiro atoms. The smallest absolute Gasteiger partial charge is 0.262 e. The molecule has 0 bridgehead atoms. The molecule has 2 N–H and O–H groups in total. The Balaban J connectivity index is 2.64. The first-order chi connectivity index (χ1) is 7.09. The average Bonchev–Trinajstić information content (AvgIpc) is 2.41. The summed E-state index contributed by atoms with van der Waals surface area (Å²) in [6.45, 7) is 0. The largest absolute Gasteiger partial charge is 0.374 e. The second-order valence-electron chi connectivity index (χ2n) is 3.31. The van der Waals surface area contributed by atoms with Crippen molar-refractivity contribution in [3.63, 3.8) is 0 Å². The van der Waals surface area contributed by atoms with Gasteiger partial charge in [-0.2, -0.15) is 5.26 Å². The summed E-state index contributed by atoms with van der Waals surface area (Å²) in [5.41, 5.74) is -0.742. The van der Waals surface area contributed by atoms with Gasteiger partial charge in [-0.3, -0.25) is 4.79 Å². The molecule has 15 heavy (non-hydrogen) atoms. The van der Waals surface area contributed by atoms with Crippen LogP contribution in [0, 0.1) is 11.3 Å². The predicted molar refractivity (Wildman–Crippen MR) is 56.9 cm³/mol. The topological polar surface area (TPSA) is 73.1 Å². The van der Waals surface area contributed by atoms with Gasteiger partial charge in [0.15, 0.2) is 5.60 Å². The Morgan fingerprint density at radius 2 is 2.33 bits per heavy atom. The maximum absolute atomic E-state index is 11.6. The molecule has 0 radical (unpaired) electrons. The van der Waals surface area contributed by atoms with Crippen LogP contribution in [0.15, 0.2) is 22.7 Å². The van der Waals surface area contributed by atoms with Crippen LogP contribution in [0.2, 0.25) is 0 Å². The zero-order valence-electron chi connectivity index (χ0n) is 7.62. The monoisotopic (exact) mass is 266 g/mol. The highest BCUT2D eigenvalue weighted by molar-refractivity contribution is 9.10. The number of carbonyl (C=O) groups excluding carboxylic acids is 1. The summed E-state index contributed by atoms with van der Waals surface area (Å²) >= 11 is 3.26. The van der Waals surface area contributed by atoms with Gasteiger partial charge in [-0.05, 0) is 12.1 Å². The van der Waals surface area contributed by atoms with Crippen LogP contribution in [0.25, 0.3) is 0 Å². The SMILES string of the molecule is N#CCC1(O)C(=O)Nc2cccc(Br)c21. The lowest BCUT2D eigenvalue weighted by molar-refractivity contribution is -0.133. The lowest BCUT2D eigenvalue weighted by Crippen LogP contribution is -2.33. The molecule has 0 saturated heterocycles. The third-order valence-electron chi connectivity index (χ3n) is 2.39. The molecule has 4 nitrogen and oxygen atoms in total. The number of carbonyl (C=O) groups is 1. The molecule has 1 aromatic rings. The molecule has 1 aliphatic heterocycles. The molecule has 1 aliphatic rings. The second kappa shape index (κ2) is 3.33. The molecule has 1 amide bonds. The van der Waals surface area contributed by atoms with E-state index in [1.54, 1.807) is 18.2 Å². The van der Waals surface area contributed by atoms with E-state index in [0.29, 0.717) is 15.7 Å². The van der Waals surface area contributed by atoms with E-state index in [9.17, 15) is 9.90 Å². The van der Waals surface area contributed by atoms with Crippen molar-refractivity contribution < 1.29 is 9.90 Å². The minimum atomic E-state index is -1.73. The van der Waals surface area contributed by atoms with Gasteiger partial charge in [-0.15, -0.1) is 0 Å². The van der Waals surface area contributed by atoms with E-state index in [0.717, 1.165) is 0 Å². The minimum Gasteiger partial charge on any atom is -0.374 e. The maximum atomic E-state index is 11.6. The predicted octanol–water partition coefficient (Wildman–Crippen LogP) is 1.50. The summed E-state index contributed by atoms with van der Waals surface area (Å²) in [7, 11) is 0. The van der Waals surface area contributed by atoms with Crippen molar-refractivity contribution in [3.8, 4) is 6.07 Å². The van der Waals surface area contributed by atoms with Crippen molar-refractivity contribution in [2.45, 2.75) is 12.0 Å². The average molecular weight is 267 g/mol. The van der Waals surface area contributed by atoms with Gasteiger partial charge in [-0.25, -0.2) is 0 Å². The fraction of sp³-hybridized carbons (Fsp3) is 0.200. The number of anilines is 1.